The van der Waals surface area contributed by atoms with Crippen LogP contribution in [0.25, 0.3) is 0 Å². The van der Waals surface area contributed by atoms with Gasteiger partial charge < -0.3 is 14.2 Å². The zero-order valence-corrected chi connectivity index (χ0v) is 18.8. The lowest BCUT2D eigenvalue weighted by Crippen LogP contribution is -2.30. The molecule has 0 saturated heterocycles. The Kier molecular flexibility index (Phi) is 6.73. The van der Waals surface area contributed by atoms with E-state index in [-0.39, 0.29) is 23.2 Å². The third-order valence-corrected chi connectivity index (χ3v) is 4.48. The topological polar surface area (TPSA) is 78.9 Å². The number of alkyl halides is 2. The van der Waals surface area contributed by atoms with Crippen molar-refractivity contribution in [1.29, 1.82) is 0 Å². The van der Waals surface area contributed by atoms with E-state index in [4.69, 9.17) is 14.2 Å². The lowest BCUT2D eigenvalue weighted by Gasteiger charge is -2.25. The van der Waals surface area contributed by atoms with Gasteiger partial charge in [-0.1, -0.05) is 31.9 Å². The molecule has 0 unspecified atom stereocenters. The second-order valence-corrected chi connectivity index (χ2v) is 11.3. The Hall–Kier alpha value is -1.41. The lowest BCUT2D eigenvalue weighted by molar-refractivity contribution is -0.136. The number of benzene rings is 1. The molecule has 0 heterocycles. The van der Waals surface area contributed by atoms with Gasteiger partial charge in [-0.3, -0.25) is 9.59 Å². The van der Waals surface area contributed by atoms with Crippen LogP contribution >= 0.6 is 31.9 Å². The van der Waals surface area contributed by atoms with E-state index in [9.17, 15) is 14.4 Å². The smallest absolute Gasteiger partial charge is 0.338 e. The summed E-state index contributed by atoms with van der Waals surface area (Å²) in [5.41, 5.74) is 0.148. The molecule has 1 aliphatic rings. The van der Waals surface area contributed by atoms with E-state index in [1.54, 1.807) is 27.7 Å². The van der Waals surface area contributed by atoms with E-state index in [1.807, 2.05) is 0 Å². The molecule has 1 aromatic carbocycles. The van der Waals surface area contributed by atoms with Crippen LogP contribution in [0.2, 0.25) is 0 Å². The molecule has 0 atom stereocenters. The van der Waals surface area contributed by atoms with E-state index in [0.717, 1.165) is 19.3 Å². The highest BCUT2D eigenvalue weighted by atomic mass is 79.9. The molecule has 1 aliphatic carbocycles. The predicted molar refractivity (Wildman–Crippen MR) is 107 cm³/mol. The molecule has 0 radical (unpaired) electrons. The number of hydrogen-bond acceptors (Lipinski definition) is 6. The first kappa shape index (κ1) is 21.9. The van der Waals surface area contributed by atoms with Crippen LogP contribution in [0.3, 0.4) is 0 Å². The van der Waals surface area contributed by atoms with Crippen molar-refractivity contribution >= 4 is 49.8 Å². The van der Waals surface area contributed by atoms with Crippen molar-refractivity contribution in [2.75, 3.05) is 0 Å². The number of hydrogen-bond donors (Lipinski definition) is 0. The van der Waals surface area contributed by atoms with Crippen LogP contribution in [0.1, 0.15) is 57.3 Å². The van der Waals surface area contributed by atoms with Crippen molar-refractivity contribution in [2.24, 2.45) is 0 Å². The maximum Gasteiger partial charge on any atom is 0.338 e. The largest absolute Gasteiger partial charge is 0.459 e. The van der Waals surface area contributed by atoms with Gasteiger partial charge in [0, 0.05) is 6.07 Å². The summed E-state index contributed by atoms with van der Waals surface area (Å²) in [6, 6.07) is 4.18. The van der Waals surface area contributed by atoms with Crippen molar-refractivity contribution in [3.05, 3.63) is 23.8 Å². The van der Waals surface area contributed by atoms with Crippen LogP contribution in [-0.4, -0.2) is 32.7 Å². The van der Waals surface area contributed by atoms with Gasteiger partial charge in [-0.25, -0.2) is 4.79 Å². The Balaban J connectivity index is 2.29. The molecule has 0 aromatic heterocycles. The average molecular weight is 506 g/mol. The highest BCUT2D eigenvalue weighted by molar-refractivity contribution is 9.10. The van der Waals surface area contributed by atoms with E-state index < -0.39 is 26.6 Å². The van der Waals surface area contributed by atoms with Crippen LogP contribution < -0.4 is 9.47 Å². The second-order valence-electron chi connectivity index (χ2n) is 7.38. The summed E-state index contributed by atoms with van der Waals surface area (Å²) >= 11 is 6.45. The second kappa shape index (κ2) is 8.31. The summed E-state index contributed by atoms with van der Waals surface area (Å²) in [6.45, 7) is 6.55. The van der Waals surface area contributed by atoms with E-state index in [1.165, 1.54) is 18.2 Å². The minimum atomic E-state index is -0.913. The molecule has 27 heavy (non-hydrogen) atoms. The summed E-state index contributed by atoms with van der Waals surface area (Å²) in [5, 5.41) is 0. The molecule has 1 saturated carbocycles. The molecule has 0 aliphatic heterocycles. The minimum Gasteiger partial charge on any atom is -0.459 e. The number of carbonyl (C=O) groups excluding carboxylic acids is 3. The fourth-order valence-corrected chi connectivity index (χ4v) is 2.13. The number of esters is 3. The van der Waals surface area contributed by atoms with Crippen LogP contribution in [-0.2, 0) is 14.3 Å². The van der Waals surface area contributed by atoms with Crippen molar-refractivity contribution in [2.45, 2.75) is 61.7 Å². The van der Waals surface area contributed by atoms with Gasteiger partial charge in [0.25, 0.3) is 0 Å². The van der Waals surface area contributed by atoms with Crippen LogP contribution in [0.5, 0.6) is 11.5 Å². The lowest BCUT2D eigenvalue weighted by atomic mass is 9.96. The molecule has 0 bridgehead atoms. The average Bonchev–Trinajstić information content (AvgIpc) is 2.48. The summed E-state index contributed by atoms with van der Waals surface area (Å²) in [4.78, 5) is 36.7. The maximum absolute atomic E-state index is 12.4. The quantitative estimate of drug-likeness (QED) is 0.320. The number of ether oxygens (including phenoxy) is 3. The molecular formula is C19H22Br2O6. The van der Waals surface area contributed by atoms with Gasteiger partial charge in [0.2, 0.25) is 0 Å². The highest BCUT2D eigenvalue weighted by Gasteiger charge is 2.29. The third kappa shape index (κ3) is 6.31. The van der Waals surface area contributed by atoms with Gasteiger partial charge in [0.05, 0.1) is 5.56 Å². The molecule has 1 fully saturated rings. The Morgan fingerprint density at radius 2 is 1.33 bits per heavy atom. The first-order chi connectivity index (χ1) is 12.4. The number of rotatable bonds is 6. The Morgan fingerprint density at radius 3 is 1.67 bits per heavy atom. The van der Waals surface area contributed by atoms with E-state index in [0.29, 0.717) is 0 Å². The number of carbonyl (C=O) groups is 3. The van der Waals surface area contributed by atoms with Gasteiger partial charge in [0.1, 0.15) is 26.3 Å². The molecule has 0 N–H and O–H groups in total. The Morgan fingerprint density at radius 1 is 0.889 bits per heavy atom. The van der Waals surface area contributed by atoms with Gasteiger partial charge in [-0.2, -0.15) is 0 Å². The summed E-state index contributed by atoms with van der Waals surface area (Å²) in [7, 11) is 0. The van der Waals surface area contributed by atoms with Gasteiger partial charge in [-0.15, -0.1) is 0 Å². The first-order valence-corrected chi connectivity index (χ1v) is 10.1. The molecule has 8 heteroatoms. The third-order valence-electron chi connectivity index (χ3n) is 3.83. The van der Waals surface area contributed by atoms with Gasteiger partial charge >= 0.3 is 17.9 Å². The molecule has 0 amide bonds. The zero-order valence-electron chi connectivity index (χ0n) is 15.6. The molecule has 148 valence electrons. The SMILES string of the molecule is CC(C)(Br)C(=O)Oc1cc(OC(=O)C(C)(C)Br)cc(C(=O)OC2CCC2)c1. The zero-order chi connectivity index (χ0) is 20.4. The standard InChI is InChI=1S/C19H22Br2O6/c1-18(2,20)16(23)26-13-8-11(15(22)25-12-6-5-7-12)9-14(10-13)27-17(24)19(3,4)21/h8-10,12H,5-7H2,1-4H3. The van der Waals surface area contributed by atoms with Crippen molar-refractivity contribution in [3.8, 4) is 11.5 Å². The predicted octanol–water partition coefficient (Wildman–Crippen LogP) is 4.55. The highest BCUT2D eigenvalue weighted by Crippen LogP contribution is 2.30. The Labute approximate surface area is 175 Å². The van der Waals surface area contributed by atoms with Crippen LogP contribution in [0.4, 0.5) is 0 Å². The summed E-state index contributed by atoms with van der Waals surface area (Å²) in [6.07, 6.45) is 2.59. The first-order valence-electron chi connectivity index (χ1n) is 8.55. The van der Waals surface area contributed by atoms with Crippen molar-refractivity contribution < 1.29 is 28.6 Å². The molecule has 2 rings (SSSR count). The monoisotopic (exact) mass is 504 g/mol. The van der Waals surface area contributed by atoms with Crippen LogP contribution in [0.15, 0.2) is 18.2 Å². The van der Waals surface area contributed by atoms with E-state index >= 15 is 0 Å². The van der Waals surface area contributed by atoms with Gasteiger partial charge in [0.15, 0.2) is 0 Å². The fraction of sp³-hybridized carbons (Fsp3) is 0.526. The summed E-state index contributed by atoms with van der Waals surface area (Å²) in [5.74, 6) is -1.47. The molecule has 0 spiro atoms. The number of halogens is 2. The van der Waals surface area contributed by atoms with Gasteiger partial charge in [-0.05, 0) is 59.1 Å². The van der Waals surface area contributed by atoms with Crippen LogP contribution in [0, 0.1) is 0 Å². The molecule has 1 aromatic rings. The molecular weight excluding hydrogens is 484 g/mol. The molecule has 6 nitrogen and oxygen atoms in total. The Bertz CT molecular complexity index is 695. The fourth-order valence-electron chi connectivity index (χ4n) is 1.97. The van der Waals surface area contributed by atoms with Crippen molar-refractivity contribution in [3.63, 3.8) is 0 Å². The summed E-state index contributed by atoms with van der Waals surface area (Å²) < 4.78 is 14.2. The normalized spacial score (nSPS) is 14.9. The van der Waals surface area contributed by atoms with E-state index in [2.05, 4.69) is 31.9 Å². The minimum absolute atomic E-state index is 0.0887. The maximum atomic E-state index is 12.4. The van der Waals surface area contributed by atoms with Crippen molar-refractivity contribution in [1.82, 2.24) is 0 Å².